The first kappa shape index (κ1) is 17.7. The number of nitrogens with zero attached hydrogens (tertiary/aromatic N) is 2. The van der Waals surface area contributed by atoms with Gasteiger partial charge < -0.3 is 9.80 Å². The molecule has 0 spiro atoms. The first-order valence-corrected chi connectivity index (χ1v) is 9.28. The molecule has 3 rings (SSSR count). The van der Waals surface area contributed by atoms with E-state index in [1.807, 2.05) is 6.07 Å². The van der Waals surface area contributed by atoms with E-state index >= 15 is 0 Å². The van der Waals surface area contributed by atoms with Crippen LogP contribution in [0.2, 0.25) is 10.0 Å². The average Bonchev–Trinajstić information content (AvgIpc) is 3.06. The van der Waals surface area contributed by atoms with Gasteiger partial charge in [0, 0.05) is 19.5 Å². The number of benzene rings is 1. The Bertz CT molecular complexity index is 629. The molecule has 0 aliphatic carbocycles. The monoisotopic (exact) mass is 368 g/mol. The van der Waals surface area contributed by atoms with Crippen molar-refractivity contribution in [3.63, 3.8) is 0 Å². The fourth-order valence-corrected chi connectivity index (χ4v) is 3.88. The molecule has 1 aromatic rings. The number of halogens is 2. The van der Waals surface area contributed by atoms with Crippen LogP contribution in [0.4, 0.5) is 0 Å². The van der Waals surface area contributed by atoms with Gasteiger partial charge in [-0.05, 0) is 50.0 Å². The van der Waals surface area contributed by atoms with E-state index in [1.165, 1.54) is 12.8 Å². The zero-order valence-electron chi connectivity index (χ0n) is 13.6. The molecule has 0 aromatic heterocycles. The maximum absolute atomic E-state index is 12.8. The fraction of sp³-hybridized carbons (Fsp3) is 0.556. The number of rotatable bonds is 4. The first-order valence-electron chi connectivity index (χ1n) is 8.53. The summed E-state index contributed by atoms with van der Waals surface area (Å²) in [7, 11) is 0. The lowest BCUT2D eigenvalue weighted by Gasteiger charge is -2.36. The van der Waals surface area contributed by atoms with Crippen molar-refractivity contribution in [3.8, 4) is 0 Å². The SMILES string of the molecule is O=C1CCCN(C(=O)Cc2ccc(Cl)c(Cl)c2)[C@@H]1CN1CCCC1. The van der Waals surface area contributed by atoms with Crippen LogP contribution in [0.15, 0.2) is 18.2 Å². The van der Waals surface area contributed by atoms with Crippen molar-refractivity contribution in [1.29, 1.82) is 0 Å². The summed E-state index contributed by atoms with van der Waals surface area (Å²) in [6, 6.07) is 4.94. The zero-order chi connectivity index (χ0) is 17.1. The second kappa shape index (κ2) is 7.85. The zero-order valence-corrected chi connectivity index (χ0v) is 15.2. The molecule has 1 aromatic carbocycles. The summed E-state index contributed by atoms with van der Waals surface area (Å²) in [4.78, 5) is 29.2. The van der Waals surface area contributed by atoms with Crippen LogP contribution in [0.3, 0.4) is 0 Å². The highest BCUT2D eigenvalue weighted by Crippen LogP contribution is 2.24. The molecule has 0 radical (unpaired) electrons. The van der Waals surface area contributed by atoms with Gasteiger partial charge in [0.2, 0.25) is 5.91 Å². The molecular weight excluding hydrogens is 347 g/mol. The summed E-state index contributed by atoms with van der Waals surface area (Å²) in [6.07, 6.45) is 3.94. The van der Waals surface area contributed by atoms with Crippen molar-refractivity contribution in [2.75, 3.05) is 26.2 Å². The van der Waals surface area contributed by atoms with Crippen molar-refractivity contribution in [2.45, 2.75) is 38.1 Å². The van der Waals surface area contributed by atoms with E-state index in [2.05, 4.69) is 4.90 Å². The molecule has 2 aliphatic rings. The van der Waals surface area contributed by atoms with Crippen LogP contribution in [0.1, 0.15) is 31.2 Å². The highest BCUT2D eigenvalue weighted by atomic mass is 35.5. The highest BCUT2D eigenvalue weighted by Gasteiger charge is 2.34. The van der Waals surface area contributed by atoms with Gasteiger partial charge in [0.1, 0.15) is 6.04 Å². The number of carbonyl (C=O) groups is 2. The van der Waals surface area contributed by atoms with Crippen molar-refractivity contribution in [1.82, 2.24) is 9.80 Å². The summed E-state index contributed by atoms with van der Waals surface area (Å²) >= 11 is 12.0. The normalized spacial score (nSPS) is 22.2. The average molecular weight is 369 g/mol. The number of ketones is 1. The Kier molecular flexibility index (Phi) is 5.80. The topological polar surface area (TPSA) is 40.6 Å². The van der Waals surface area contributed by atoms with Gasteiger partial charge in [-0.25, -0.2) is 0 Å². The van der Waals surface area contributed by atoms with Crippen LogP contribution in [-0.2, 0) is 16.0 Å². The molecule has 2 saturated heterocycles. The molecular formula is C18H22Cl2N2O2. The third-order valence-electron chi connectivity index (χ3n) is 4.86. The lowest BCUT2D eigenvalue weighted by molar-refractivity contribution is -0.142. The van der Waals surface area contributed by atoms with Gasteiger partial charge in [-0.2, -0.15) is 0 Å². The summed E-state index contributed by atoms with van der Waals surface area (Å²) in [5, 5.41) is 0.929. The Morgan fingerprint density at radius 3 is 2.54 bits per heavy atom. The van der Waals surface area contributed by atoms with Crippen molar-refractivity contribution >= 4 is 34.9 Å². The van der Waals surface area contributed by atoms with Gasteiger partial charge >= 0.3 is 0 Å². The minimum atomic E-state index is -0.299. The summed E-state index contributed by atoms with van der Waals surface area (Å²) in [5.74, 6) is 0.182. The summed E-state index contributed by atoms with van der Waals surface area (Å²) in [6.45, 7) is 3.38. The second-order valence-electron chi connectivity index (χ2n) is 6.61. The molecule has 1 atom stereocenters. The Hall–Kier alpha value is -1.10. The van der Waals surface area contributed by atoms with Crippen LogP contribution in [0, 0.1) is 0 Å². The van der Waals surface area contributed by atoms with Gasteiger partial charge in [0.25, 0.3) is 0 Å². The Morgan fingerprint density at radius 2 is 1.83 bits per heavy atom. The van der Waals surface area contributed by atoms with Crippen LogP contribution < -0.4 is 0 Å². The lowest BCUT2D eigenvalue weighted by atomic mass is 9.98. The molecule has 4 nitrogen and oxygen atoms in total. The minimum absolute atomic E-state index is 0.00867. The smallest absolute Gasteiger partial charge is 0.227 e. The summed E-state index contributed by atoms with van der Waals surface area (Å²) < 4.78 is 0. The first-order chi connectivity index (χ1) is 11.5. The Morgan fingerprint density at radius 1 is 1.08 bits per heavy atom. The Balaban J connectivity index is 1.70. The van der Waals surface area contributed by atoms with Crippen LogP contribution in [-0.4, -0.2) is 53.7 Å². The Labute approximate surface area is 152 Å². The van der Waals surface area contributed by atoms with Crippen LogP contribution >= 0.6 is 23.2 Å². The number of piperidine rings is 1. The largest absolute Gasteiger partial charge is 0.331 e. The van der Waals surface area contributed by atoms with Gasteiger partial charge in [0.05, 0.1) is 16.5 Å². The van der Waals surface area contributed by atoms with Gasteiger partial charge in [-0.15, -0.1) is 0 Å². The molecule has 2 heterocycles. The quantitative estimate of drug-likeness (QED) is 0.819. The van der Waals surface area contributed by atoms with Crippen molar-refractivity contribution in [2.24, 2.45) is 0 Å². The minimum Gasteiger partial charge on any atom is -0.331 e. The number of hydrogen-bond donors (Lipinski definition) is 0. The highest BCUT2D eigenvalue weighted by molar-refractivity contribution is 6.42. The molecule has 2 fully saturated rings. The van der Waals surface area contributed by atoms with Crippen molar-refractivity contribution in [3.05, 3.63) is 33.8 Å². The van der Waals surface area contributed by atoms with Gasteiger partial charge in [-0.3, -0.25) is 9.59 Å². The third-order valence-corrected chi connectivity index (χ3v) is 5.60. The van der Waals surface area contributed by atoms with Gasteiger partial charge in [-0.1, -0.05) is 29.3 Å². The van der Waals surface area contributed by atoms with E-state index < -0.39 is 0 Å². The molecule has 24 heavy (non-hydrogen) atoms. The fourth-order valence-electron chi connectivity index (χ4n) is 3.55. The molecule has 130 valence electrons. The van der Waals surface area contributed by atoms with E-state index in [1.54, 1.807) is 17.0 Å². The molecule has 0 N–H and O–H groups in total. The third kappa shape index (κ3) is 4.11. The van der Waals surface area contributed by atoms with E-state index in [0.717, 1.165) is 25.1 Å². The maximum atomic E-state index is 12.8. The molecule has 0 bridgehead atoms. The molecule has 0 unspecified atom stereocenters. The molecule has 0 saturated carbocycles. The molecule has 1 amide bonds. The number of hydrogen-bond acceptors (Lipinski definition) is 3. The molecule has 2 aliphatic heterocycles. The number of amides is 1. The van der Waals surface area contributed by atoms with E-state index in [-0.39, 0.29) is 24.2 Å². The number of Topliss-reactive ketones (excluding diaryl/α,β-unsaturated/α-hetero) is 1. The predicted octanol–water partition coefficient (Wildman–Crippen LogP) is 3.19. The van der Waals surface area contributed by atoms with Gasteiger partial charge in [0.15, 0.2) is 5.78 Å². The maximum Gasteiger partial charge on any atom is 0.227 e. The van der Waals surface area contributed by atoms with E-state index in [9.17, 15) is 9.59 Å². The van der Waals surface area contributed by atoms with Crippen molar-refractivity contribution < 1.29 is 9.59 Å². The van der Waals surface area contributed by atoms with E-state index in [4.69, 9.17) is 23.2 Å². The summed E-state index contributed by atoms with van der Waals surface area (Å²) in [5.41, 5.74) is 0.826. The number of carbonyl (C=O) groups excluding carboxylic acids is 2. The second-order valence-corrected chi connectivity index (χ2v) is 7.42. The van der Waals surface area contributed by atoms with Crippen LogP contribution in [0.5, 0.6) is 0 Å². The molecule has 6 heteroatoms. The van der Waals surface area contributed by atoms with Crippen LogP contribution in [0.25, 0.3) is 0 Å². The van der Waals surface area contributed by atoms with E-state index in [0.29, 0.717) is 29.6 Å². The predicted molar refractivity (Wildman–Crippen MR) is 95.6 cm³/mol. The standard InChI is InChI=1S/C18H22Cl2N2O2/c19-14-6-5-13(10-15(14)20)11-18(24)22-9-3-4-17(23)16(22)12-21-7-1-2-8-21/h5-6,10,16H,1-4,7-9,11-12H2/t16-/m1/s1. The number of likely N-dealkylation sites (tertiary alicyclic amines) is 2. The lowest BCUT2D eigenvalue weighted by Crippen LogP contribution is -2.54.